The molecular weight excluding hydrogens is 300 g/mol. The van der Waals surface area contributed by atoms with Crippen molar-refractivity contribution >= 4 is 27.4 Å². The molecule has 2 aromatic heterocycles. The van der Waals surface area contributed by atoms with Crippen LogP contribution in [0.5, 0.6) is 0 Å². The van der Waals surface area contributed by atoms with Gasteiger partial charge in [0.15, 0.2) is 0 Å². The van der Waals surface area contributed by atoms with Crippen LogP contribution in [0.15, 0.2) is 35.5 Å². The van der Waals surface area contributed by atoms with Gasteiger partial charge in [0.1, 0.15) is 10.7 Å². The number of halogens is 1. The van der Waals surface area contributed by atoms with E-state index in [0.717, 1.165) is 11.8 Å². The standard InChI is InChI=1S/C12H13ClN4O2S/c1-8-3-2-4-15-11(8)7-17-20(18,19)9-5-10(13)12(14)16-6-9/h2-6,17H,7H2,1H3,(H2,14,16). The van der Waals surface area contributed by atoms with Gasteiger partial charge in [-0.05, 0) is 24.6 Å². The van der Waals surface area contributed by atoms with Crippen molar-refractivity contribution < 1.29 is 8.42 Å². The van der Waals surface area contributed by atoms with Gasteiger partial charge in [0, 0.05) is 12.4 Å². The van der Waals surface area contributed by atoms with Gasteiger partial charge in [-0.15, -0.1) is 0 Å². The normalized spacial score (nSPS) is 11.5. The van der Waals surface area contributed by atoms with Crippen LogP contribution in [0.3, 0.4) is 0 Å². The number of pyridine rings is 2. The van der Waals surface area contributed by atoms with Gasteiger partial charge in [0.05, 0.1) is 17.3 Å². The van der Waals surface area contributed by atoms with Crippen LogP contribution in [-0.4, -0.2) is 18.4 Å². The zero-order chi connectivity index (χ0) is 14.8. The van der Waals surface area contributed by atoms with E-state index in [9.17, 15) is 8.42 Å². The molecule has 3 N–H and O–H groups in total. The molecule has 0 bridgehead atoms. The van der Waals surface area contributed by atoms with E-state index in [2.05, 4.69) is 14.7 Å². The topological polar surface area (TPSA) is 98.0 Å². The largest absolute Gasteiger partial charge is 0.382 e. The number of nitrogens with one attached hydrogen (secondary N) is 1. The van der Waals surface area contributed by atoms with E-state index in [-0.39, 0.29) is 22.3 Å². The number of aromatic nitrogens is 2. The summed E-state index contributed by atoms with van der Waals surface area (Å²) in [4.78, 5) is 7.81. The monoisotopic (exact) mass is 312 g/mol. The maximum absolute atomic E-state index is 12.1. The fraction of sp³-hybridized carbons (Fsp3) is 0.167. The van der Waals surface area contributed by atoms with Gasteiger partial charge in [-0.25, -0.2) is 18.1 Å². The highest BCUT2D eigenvalue weighted by atomic mass is 35.5. The first-order valence-corrected chi connectivity index (χ1v) is 7.57. The number of anilines is 1. The maximum atomic E-state index is 12.1. The summed E-state index contributed by atoms with van der Waals surface area (Å²) in [5.41, 5.74) is 7.01. The summed E-state index contributed by atoms with van der Waals surface area (Å²) in [6.07, 6.45) is 2.77. The van der Waals surface area contributed by atoms with Crippen LogP contribution in [-0.2, 0) is 16.6 Å². The summed E-state index contributed by atoms with van der Waals surface area (Å²) in [5, 5.41) is 0.0990. The molecule has 0 fully saturated rings. The molecule has 2 heterocycles. The summed E-state index contributed by atoms with van der Waals surface area (Å²) in [5.74, 6) is 0.0891. The van der Waals surface area contributed by atoms with Gasteiger partial charge in [-0.2, -0.15) is 0 Å². The van der Waals surface area contributed by atoms with Gasteiger partial charge >= 0.3 is 0 Å². The van der Waals surface area contributed by atoms with Crippen molar-refractivity contribution in [3.63, 3.8) is 0 Å². The average molecular weight is 313 g/mol. The third kappa shape index (κ3) is 3.24. The molecule has 2 aromatic rings. The van der Waals surface area contributed by atoms with Crippen molar-refractivity contribution in [2.24, 2.45) is 0 Å². The second-order valence-corrected chi connectivity index (χ2v) is 6.30. The Kier molecular flexibility index (Phi) is 4.22. The lowest BCUT2D eigenvalue weighted by molar-refractivity contribution is 0.580. The molecule has 6 nitrogen and oxygen atoms in total. The van der Waals surface area contributed by atoms with Crippen LogP contribution in [0.1, 0.15) is 11.3 Å². The number of nitrogens with zero attached hydrogens (tertiary/aromatic N) is 2. The molecule has 0 radical (unpaired) electrons. The molecule has 0 saturated heterocycles. The van der Waals surface area contributed by atoms with E-state index >= 15 is 0 Å². The Morgan fingerprint density at radius 2 is 2.15 bits per heavy atom. The van der Waals surface area contributed by atoms with Crippen LogP contribution in [0, 0.1) is 6.92 Å². The molecule has 106 valence electrons. The molecule has 0 aliphatic rings. The van der Waals surface area contributed by atoms with E-state index in [4.69, 9.17) is 17.3 Å². The Hall–Kier alpha value is -1.70. The molecule has 0 saturated carbocycles. The number of rotatable bonds is 4. The highest BCUT2D eigenvalue weighted by molar-refractivity contribution is 7.89. The number of nitrogens with two attached hydrogens (primary N) is 1. The van der Waals surface area contributed by atoms with Crippen molar-refractivity contribution in [2.45, 2.75) is 18.4 Å². The number of aryl methyl sites for hydroxylation is 1. The maximum Gasteiger partial charge on any atom is 0.242 e. The fourth-order valence-corrected chi connectivity index (χ4v) is 2.72. The van der Waals surface area contributed by atoms with Gasteiger partial charge in [-0.1, -0.05) is 17.7 Å². The van der Waals surface area contributed by atoms with E-state index < -0.39 is 10.0 Å². The van der Waals surface area contributed by atoms with E-state index in [1.165, 1.54) is 6.07 Å². The van der Waals surface area contributed by atoms with Crippen LogP contribution in [0.4, 0.5) is 5.82 Å². The minimum atomic E-state index is -3.71. The predicted octanol–water partition coefficient (Wildman–Crippen LogP) is 1.50. The number of hydrogen-bond donors (Lipinski definition) is 2. The molecule has 0 unspecified atom stereocenters. The molecule has 8 heteroatoms. The molecule has 0 amide bonds. The van der Waals surface area contributed by atoms with Crippen LogP contribution < -0.4 is 10.5 Å². The minimum Gasteiger partial charge on any atom is -0.382 e. The molecule has 0 spiro atoms. The van der Waals surface area contributed by atoms with Crippen LogP contribution in [0.25, 0.3) is 0 Å². The third-order valence-corrected chi connectivity index (χ3v) is 4.37. The second-order valence-electron chi connectivity index (χ2n) is 4.13. The Balaban J connectivity index is 2.19. The zero-order valence-electron chi connectivity index (χ0n) is 10.7. The lowest BCUT2D eigenvalue weighted by Gasteiger charge is -2.08. The third-order valence-electron chi connectivity index (χ3n) is 2.70. The molecule has 20 heavy (non-hydrogen) atoms. The second kappa shape index (κ2) is 5.74. The Morgan fingerprint density at radius 3 is 2.80 bits per heavy atom. The predicted molar refractivity (Wildman–Crippen MR) is 76.7 cm³/mol. The van der Waals surface area contributed by atoms with Gasteiger partial charge < -0.3 is 5.73 Å². The molecule has 0 aromatic carbocycles. The van der Waals surface area contributed by atoms with Crippen LogP contribution >= 0.6 is 11.6 Å². The molecule has 0 aliphatic heterocycles. The summed E-state index contributed by atoms with van der Waals surface area (Å²) in [6, 6.07) is 4.91. The first kappa shape index (κ1) is 14.7. The smallest absolute Gasteiger partial charge is 0.242 e. The van der Waals surface area contributed by atoms with Gasteiger partial charge in [-0.3, -0.25) is 4.98 Å². The first-order valence-electron chi connectivity index (χ1n) is 5.71. The average Bonchev–Trinajstić information content (AvgIpc) is 2.41. The molecular formula is C12H13ClN4O2S. The highest BCUT2D eigenvalue weighted by Crippen LogP contribution is 2.19. The van der Waals surface area contributed by atoms with Crippen molar-refractivity contribution in [1.82, 2.24) is 14.7 Å². The fourth-order valence-electron chi connectivity index (χ4n) is 1.53. The van der Waals surface area contributed by atoms with E-state index in [0.29, 0.717) is 5.69 Å². The lowest BCUT2D eigenvalue weighted by Crippen LogP contribution is -2.24. The Bertz CT molecular complexity index is 734. The van der Waals surface area contributed by atoms with Gasteiger partial charge in [0.2, 0.25) is 10.0 Å². The van der Waals surface area contributed by atoms with Crippen molar-refractivity contribution in [3.8, 4) is 0 Å². The van der Waals surface area contributed by atoms with Crippen molar-refractivity contribution in [2.75, 3.05) is 5.73 Å². The number of sulfonamides is 1. The van der Waals surface area contributed by atoms with Crippen LogP contribution in [0.2, 0.25) is 5.02 Å². The molecule has 0 aliphatic carbocycles. The van der Waals surface area contributed by atoms with Crippen molar-refractivity contribution in [1.29, 1.82) is 0 Å². The zero-order valence-corrected chi connectivity index (χ0v) is 12.2. The Morgan fingerprint density at radius 1 is 1.40 bits per heavy atom. The summed E-state index contributed by atoms with van der Waals surface area (Å²) >= 11 is 5.77. The van der Waals surface area contributed by atoms with Crippen molar-refractivity contribution in [3.05, 3.63) is 46.9 Å². The minimum absolute atomic E-state index is 0.0368. The number of nitrogen functional groups attached to an aromatic ring is 1. The first-order chi connectivity index (χ1) is 9.40. The number of hydrogen-bond acceptors (Lipinski definition) is 5. The Labute approximate surface area is 122 Å². The lowest BCUT2D eigenvalue weighted by atomic mass is 10.2. The SMILES string of the molecule is Cc1cccnc1CNS(=O)(=O)c1cnc(N)c(Cl)c1. The van der Waals surface area contributed by atoms with E-state index in [1.807, 2.05) is 13.0 Å². The highest BCUT2D eigenvalue weighted by Gasteiger charge is 2.16. The summed E-state index contributed by atoms with van der Waals surface area (Å²) < 4.78 is 26.7. The summed E-state index contributed by atoms with van der Waals surface area (Å²) in [7, 11) is -3.71. The van der Waals surface area contributed by atoms with E-state index in [1.54, 1.807) is 12.3 Å². The molecule has 2 rings (SSSR count). The summed E-state index contributed by atoms with van der Waals surface area (Å²) in [6.45, 7) is 1.95. The van der Waals surface area contributed by atoms with Gasteiger partial charge in [0.25, 0.3) is 0 Å². The molecule has 0 atom stereocenters. The quantitative estimate of drug-likeness (QED) is 0.891.